The molecule has 0 saturated heterocycles. The molecule has 1 heteroatoms. The molecule has 0 bridgehead atoms. The van der Waals surface area contributed by atoms with E-state index in [1.807, 2.05) is 0 Å². The van der Waals surface area contributed by atoms with E-state index in [1.165, 1.54) is 36.9 Å². The summed E-state index contributed by atoms with van der Waals surface area (Å²) < 4.78 is 0. The van der Waals surface area contributed by atoms with Gasteiger partial charge in [-0.3, -0.25) is 0 Å². The average Bonchev–Trinajstić information content (AvgIpc) is 2.33. The van der Waals surface area contributed by atoms with E-state index >= 15 is 0 Å². The molecule has 1 aliphatic rings. The first kappa shape index (κ1) is 11.3. The van der Waals surface area contributed by atoms with Crippen LogP contribution in [0.15, 0.2) is 41.6 Å². The molecule has 0 amide bonds. The summed E-state index contributed by atoms with van der Waals surface area (Å²) >= 11 is 0. The molecule has 2 rings (SSSR count). The van der Waals surface area contributed by atoms with Gasteiger partial charge in [0.2, 0.25) is 0 Å². The minimum atomic E-state index is 0.421. The van der Waals surface area contributed by atoms with Crippen LogP contribution in [0.3, 0.4) is 0 Å². The van der Waals surface area contributed by atoms with Gasteiger partial charge in [0.15, 0.2) is 0 Å². The van der Waals surface area contributed by atoms with Gasteiger partial charge in [-0.05, 0) is 45.1 Å². The third-order valence-corrected chi connectivity index (χ3v) is 3.43. The fraction of sp³-hybridized carbons (Fsp3) is 0.467. The van der Waals surface area contributed by atoms with Crippen LogP contribution >= 0.6 is 0 Å². The predicted molar refractivity (Wildman–Crippen MR) is 69.2 cm³/mol. The van der Waals surface area contributed by atoms with E-state index in [0.717, 1.165) is 0 Å². The van der Waals surface area contributed by atoms with E-state index in [1.54, 1.807) is 5.57 Å². The number of rotatable bonds is 3. The van der Waals surface area contributed by atoms with Crippen LogP contribution in [-0.4, -0.2) is 0 Å². The summed E-state index contributed by atoms with van der Waals surface area (Å²) in [6.07, 6.45) is 5.19. The van der Waals surface area contributed by atoms with E-state index in [9.17, 15) is 0 Å². The van der Waals surface area contributed by atoms with Crippen molar-refractivity contribution in [2.45, 2.75) is 45.6 Å². The smallest absolute Gasteiger partial charge is 0.0482 e. The Morgan fingerprint density at radius 3 is 2.44 bits per heavy atom. The minimum Gasteiger partial charge on any atom is -0.382 e. The monoisotopic (exact) mass is 215 g/mol. The zero-order valence-electron chi connectivity index (χ0n) is 10.3. The minimum absolute atomic E-state index is 0.421. The summed E-state index contributed by atoms with van der Waals surface area (Å²) in [5.74, 6) is 0. The molecule has 1 aliphatic carbocycles. The Kier molecular flexibility index (Phi) is 3.66. The Labute approximate surface area is 98.6 Å². The zero-order chi connectivity index (χ0) is 11.4. The van der Waals surface area contributed by atoms with Gasteiger partial charge in [0.25, 0.3) is 0 Å². The summed E-state index contributed by atoms with van der Waals surface area (Å²) in [5, 5.41) is 3.66. The maximum atomic E-state index is 3.66. The third-order valence-electron chi connectivity index (χ3n) is 3.43. The quantitative estimate of drug-likeness (QED) is 0.797. The van der Waals surface area contributed by atoms with Crippen molar-refractivity contribution in [1.29, 1.82) is 0 Å². The van der Waals surface area contributed by atoms with Crippen LogP contribution in [0.4, 0.5) is 0 Å². The van der Waals surface area contributed by atoms with Crippen LogP contribution in [-0.2, 0) is 0 Å². The highest BCUT2D eigenvalue weighted by atomic mass is 14.9. The standard InChI is InChI=1S/C15H21N/c1-12-8-6-7-11-15(12)16-13(2)14-9-4-3-5-10-14/h3-5,9-10,13,16H,6-8,11H2,1-2H3/t13-/m0/s1. The molecule has 0 unspecified atom stereocenters. The molecule has 1 aromatic carbocycles. The van der Waals surface area contributed by atoms with Crippen LogP contribution in [0.25, 0.3) is 0 Å². The van der Waals surface area contributed by atoms with E-state index in [0.29, 0.717) is 6.04 Å². The molecule has 1 aromatic rings. The fourth-order valence-corrected chi connectivity index (χ4v) is 2.34. The Balaban J connectivity index is 2.05. The van der Waals surface area contributed by atoms with Crippen molar-refractivity contribution in [1.82, 2.24) is 5.32 Å². The number of nitrogens with one attached hydrogen (secondary N) is 1. The highest BCUT2D eigenvalue weighted by Crippen LogP contribution is 2.24. The largest absolute Gasteiger partial charge is 0.382 e. The second-order valence-corrected chi connectivity index (χ2v) is 4.74. The average molecular weight is 215 g/mol. The van der Waals surface area contributed by atoms with Crippen molar-refractivity contribution >= 4 is 0 Å². The van der Waals surface area contributed by atoms with Crippen molar-refractivity contribution < 1.29 is 0 Å². The molecule has 86 valence electrons. The topological polar surface area (TPSA) is 12.0 Å². The van der Waals surface area contributed by atoms with Gasteiger partial charge in [-0.25, -0.2) is 0 Å². The van der Waals surface area contributed by atoms with Crippen LogP contribution in [0.5, 0.6) is 0 Å². The second kappa shape index (κ2) is 5.20. The molecule has 16 heavy (non-hydrogen) atoms. The molecule has 0 heterocycles. The van der Waals surface area contributed by atoms with Gasteiger partial charge < -0.3 is 5.32 Å². The first-order chi connectivity index (χ1) is 7.77. The second-order valence-electron chi connectivity index (χ2n) is 4.74. The Hall–Kier alpha value is -1.24. The maximum Gasteiger partial charge on any atom is 0.0482 e. The molecule has 0 fully saturated rings. The lowest BCUT2D eigenvalue weighted by Crippen LogP contribution is -2.20. The van der Waals surface area contributed by atoms with Crippen LogP contribution in [0, 0.1) is 0 Å². The van der Waals surface area contributed by atoms with E-state index in [-0.39, 0.29) is 0 Å². The number of hydrogen-bond acceptors (Lipinski definition) is 1. The third kappa shape index (κ3) is 2.66. The number of hydrogen-bond donors (Lipinski definition) is 1. The van der Waals surface area contributed by atoms with E-state index < -0.39 is 0 Å². The van der Waals surface area contributed by atoms with Crippen molar-refractivity contribution in [2.75, 3.05) is 0 Å². The molecular weight excluding hydrogens is 194 g/mol. The maximum absolute atomic E-state index is 3.66. The predicted octanol–water partition coefficient (Wildman–Crippen LogP) is 4.19. The summed E-state index contributed by atoms with van der Waals surface area (Å²) in [7, 11) is 0. The summed E-state index contributed by atoms with van der Waals surface area (Å²) in [4.78, 5) is 0. The van der Waals surface area contributed by atoms with Crippen molar-refractivity contribution in [3.63, 3.8) is 0 Å². The van der Waals surface area contributed by atoms with Crippen molar-refractivity contribution in [3.8, 4) is 0 Å². The molecular formula is C15H21N. The molecule has 0 aromatic heterocycles. The highest BCUT2D eigenvalue weighted by molar-refractivity contribution is 5.21. The molecule has 0 aliphatic heterocycles. The Morgan fingerprint density at radius 1 is 1.06 bits per heavy atom. The lowest BCUT2D eigenvalue weighted by atomic mass is 9.96. The molecule has 0 radical (unpaired) electrons. The van der Waals surface area contributed by atoms with E-state index in [4.69, 9.17) is 0 Å². The Bertz CT molecular complexity index is 364. The highest BCUT2D eigenvalue weighted by Gasteiger charge is 2.12. The fourth-order valence-electron chi connectivity index (χ4n) is 2.34. The summed E-state index contributed by atoms with van der Waals surface area (Å²) in [6, 6.07) is 11.1. The number of allylic oxidation sites excluding steroid dienone is 2. The van der Waals surface area contributed by atoms with Gasteiger partial charge in [0, 0.05) is 11.7 Å². The van der Waals surface area contributed by atoms with Crippen molar-refractivity contribution in [3.05, 3.63) is 47.2 Å². The van der Waals surface area contributed by atoms with Crippen LogP contribution < -0.4 is 5.32 Å². The first-order valence-corrected chi connectivity index (χ1v) is 6.27. The molecule has 0 spiro atoms. The normalized spacial score (nSPS) is 18.4. The Morgan fingerprint density at radius 2 is 1.75 bits per heavy atom. The van der Waals surface area contributed by atoms with Crippen LogP contribution in [0.2, 0.25) is 0 Å². The zero-order valence-corrected chi connectivity index (χ0v) is 10.3. The lowest BCUT2D eigenvalue weighted by molar-refractivity contribution is 0.566. The van der Waals surface area contributed by atoms with Gasteiger partial charge in [-0.1, -0.05) is 35.9 Å². The van der Waals surface area contributed by atoms with Gasteiger partial charge in [0.1, 0.15) is 0 Å². The van der Waals surface area contributed by atoms with Gasteiger partial charge in [-0.15, -0.1) is 0 Å². The summed E-state index contributed by atoms with van der Waals surface area (Å²) in [6.45, 7) is 4.50. The molecule has 1 N–H and O–H groups in total. The van der Waals surface area contributed by atoms with Crippen molar-refractivity contribution in [2.24, 2.45) is 0 Å². The molecule has 1 atom stereocenters. The van der Waals surface area contributed by atoms with Gasteiger partial charge in [0.05, 0.1) is 0 Å². The van der Waals surface area contributed by atoms with Gasteiger partial charge in [-0.2, -0.15) is 0 Å². The molecule has 1 nitrogen and oxygen atoms in total. The lowest BCUT2D eigenvalue weighted by Gasteiger charge is -2.23. The molecule has 0 saturated carbocycles. The van der Waals surface area contributed by atoms with E-state index in [2.05, 4.69) is 49.5 Å². The summed E-state index contributed by atoms with van der Waals surface area (Å²) in [5.41, 5.74) is 4.39. The first-order valence-electron chi connectivity index (χ1n) is 6.27. The number of benzene rings is 1. The van der Waals surface area contributed by atoms with Gasteiger partial charge >= 0.3 is 0 Å². The SMILES string of the molecule is CC1=C(N[C@@H](C)c2ccccc2)CCCC1. The van der Waals surface area contributed by atoms with Crippen LogP contribution in [0.1, 0.15) is 51.1 Å².